The van der Waals surface area contributed by atoms with E-state index >= 15 is 0 Å². The van der Waals surface area contributed by atoms with Crippen LogP contribution >= 0.6 is 0 Å². The number of esters is 1. The highest BCUT2D eigenvalue weighted by Crippen LogP contribution is 2.29. The molecule has 0 bridgehead atoms. The molecule has 17 heavy (non-hydrogen) atoms. The van der Waals surface area contributed by atoms with Crippen molar-refractivity contribution in [1.29, 1.82) is 0 Å². The summed E-state index contributed by atoms with van der Waals surface area (Å²) in [5, 5.41) is 0. The largest absolute Gasteiger partial charge is 0.463 e. The van der Waals surface area contributed by atoms with Crippen LogP contribution in [0.4, 0.5) is 13.2 Å². The van der Waals surface area contributed by atoms with Gasteiger partial charge in [0.1, 0.15) is 0 Å². The van der Waals surface area contributed by atoms with Crippen LogP contribution in [0.2, 0.25) is 0 Å². The Balaban J connectivity index is 2.83. The number of rotatable bonds is 3. The average molecular weight is 244 g/mol. The maximum atomic E-state index is 12.4. The Morgan fingerprint density at radius 1 is 1.41 bits per heavy atom. The Hall–Kier alpha value is -1.78. The van der Waals surface area contributed by atoms with Crippen LogP contribution in [0, 0.1) is 0 Å². The molecule has 0 saturated heterocycles. The van der Waals surface area contributed by atoms with Crippen LogP contribution in [-0.2, 0) is 15.7 Å². The van der Waals surface area contributed by atoms with Gasteiger partial charge in [0.15, 0.2) is 0 Å². The van der Waals surface area contributed by atoms with Crippen molar-refractivity contribution < 1.29 is 22.7 Å². The molecule has 0 amide bonds. The molecule has 0 atom stereocenters. The number of alkyl halides is 3. The number of carbonyl (C=O) groups excluding carboxylic acids is 1. The molecule has 5 heteroatoms. The van der Waals surface area contributed by atoms with Crippen molar-refractivity contribution in [2.75, 3.05) is 6.61 Å². The SMILES string of the molecule is CCOC(=O)C=Cc1cccc(C(F)(F)F)c1. The summed E-state index contributed by atoms with van der Waals surface area (Å²) in [5.41, 5.74) is -0.448. The minimum absolute atomic E-state index is 0.228. The van der Waals surface area contributed by atoms with E-state index in [0.29, 0.717) is 5.56 Å². The van der Waals surface area contributed by atoms with Crippen molar-refractivity contribution in [3.05, 3.63) is 41.5 Å². The molecule has 0 saturated carbocycles. The van der Waals surface area contributed by atoms with Gasteiger partial charge in [-0.2, -0.15) is 13.2 Å². The molecule has 0 aromatic heterocycles. The lowest BCUT2D eigenvalue weighted by Gasteiger charge is -2.06. The lowest BCUT2D eigenvalue weighted by atomic mass is 10.1. The zero-order valence-electron chi connectivity index (χ0n) is 9.12. The number of halogens is 3. The summed E-state index contributed by atoms with van der Waals surface area (Å²) < 4.78 is 41.7. The first-order valence-electron chi connectivity index (χ1n) is 4.95. The Morgan fingerprint density at radius 2 is 2.12 bits per heavy atom. The summed E-state index contributed by atoms with van der Waals surface area (Å²) in [6.07, 6.45) is -2.00. The summed E-state index contributed by atoms with van der Waals surface area (Å²) >= 11 is 0. The summed E-state index contributed by atoms with van der Waals surface area (Å²) in [6.45, 7) is 1.88. The minimum Gasteiger partial charge on any atom is -0.463 e. The van der Waals surface area contributed by atoms with E-state index in [1.54, 1.807) is 6.92 Å². The number of hydrogen-bond acceptors (Lipinski definition) is 2. The van der Waals surface area contributed by atoms with Gasteiger partial charge in [-0.05, 0) is 30.7 Å². The lowest BCUT2D eigenvalue weighted by molar-refractivity contribution is -0.138. The number of ether oxygens (including phenoxy) is 1. The lowest BCUT2D eigenvalue weighted by Crippen LogP contribution is -2.04. The molecule has 0 aliphatic carbocycles. The Morgan fingerprint density at radius 3 is 2.71 bits per heavy atom. The summed E-state index contributed by atoms with van der Waals surface area (Å²) in [6, 6.07) is 4.70. The fourth-order valence-electron chi connectivity index (χ4n) is 1.17. The molecule has 0 spiro atoms. The fourth-order valence-corrected chi connectivity index (χ4v) is 1.17. The summed E-state index contributed by atoms with van der Waals surface area (Å²) in [7, 11) is 0. The highest BCUT2D eigenvalue weighted by Gasteiger charge is 2.30. The van der Waals surface area contributed by atoms with Gasteiger partial charge in [-0.25, -0.2) is 4.79 Å². The van der Waals surface area contributed by atoms with Crippen molar-refractivity contribution in [2.45, 2.75) is 13.1 Å². The number of hydrogen-bond donors (Lipinski definition) is 0. The zero-order chi connectivity index (χ0) is 12.9. The third-order valence-electron chi connectivity index (χ3n) is 1.91. The molecule has 1 aromatic carbocycles. The monoisotopic (exact) mass is 244 g/mol. The Kier molecular flexibility index (Phi) is 4.31. The summed E-state index contributed by atoms with van der Waals surface area (Å²) in [5.74, 6) is -0.579. The van der Waals surface area contributed by atoms with Gasteiger partial charge in [-0.15, -0.1) is 0 Å². The molecule has 0 aliphatic heterocycles. The molecule has 0 unspecified atom stereocenters. The third kappa shape index (κ3) is 4.30. The molecule has 2 nitrogen and oxygen atoms in total. The van der Waals surface area contributed by atoms with Crippen LogP contribution in [0.3, 0.4) is 0 Å². The molecule has 0 heterocycles. The maximum Gasteiger partial charge on any atom is 0.416 e. The fraction of sp³-hybridized carbons (Fsp3) is 0.250. The van der Waals surface area contributed by atoms with Crippen LogP contribution in [0.25, 0.3) is 6.08 Å². The molecule has 0 aliphatic rings. The zero-order valence-corrected chi connectivity index (χ0v) is 9.12. The van der Waals surface area contributed by atoms with E-state index in [4.69, 9.17) is 0 Å². The molecular weight excluding hydrogens is 233 g/mol. The molecule has 0 fully saturated rings. The number of benzene rings is 1. The van der Waals surface area contributed by atoms with Crippen molar-refractivity contribution in [1.82, 2.24) is 0 Å². The van der Waals surface area contributed by atoms with Crippen molar-refractivity contribution >= 4 is 12.0 Å². The van der Waals surface area contributed by atoms with Crippen molar-refractivity contribution in [2.24, 2.45) is 0 Å². The predicted octanol–water partition coefficient (Wildman–Crippen LogP) is 3.28. The van der Waals surface area contributed by atoms with E-state index in [2.05, 4.69) is 4.74 Å². The van der Waals surface area contributed by atoms with Gasteiger partial charge in [-0.3, -0.25) is 0 Å². The van der Waals surface area contributed by atoms with E-state index in [0.717, 1.165) is 18.2 Å². The van der Waals surface area contributed by atoms with E-state index in [1.165, 1.54) is 18.2 Å². The first-order chi connectivity index (χ1) is 7.93. The predicted molar refractivity (Wildman–Crippen MR) is 57.1 cm³/mol. The second kappa shape index (κ2) is 5.52. The van der Waals surface area contributed by atoms with Gasteiger partial charge in [0.25, 0.3) is 0 Å². The van der Waals surface area contributed by atoms with Gasteiger partial charge < -0.3 is 4.74 Å². The van der Waals surface area contributed by atoms with Crippen LogP contribution in [0.1, 0.15) is 18.1 Å². The standard InChI is InChI=1S/C12H11F3O2/c1-2-17-11(16)7-6-9-4-3-5-10(8-9)12(13,14)15/h3-8H,2H2,1H3. The smallest absolute Gasteiger partial charge is 0.416 e. The van der Waals surface area contributed by atoms with Crippen molar-refractivity contribution in [3.63, 3.8) is 0 Å². The minimum atomic E-state index is -4.38. The second-order valence-electron chi connectivity index (χ2n) is 3.21. The van der Waals surface area contributed by atoms with E-state index < -0.39 is 17.7 Å². The van der Waals surface area contributed by atoms with Gasteiger partial charge in [-0.1, -0.05) is 12.1 Å². The van der Waals surface area contributed by atoms with Gasteiger partial charge in [0, 0.05) is 6.08 Å². The highest BCUT2D eigenvalue weighted by atomic mass is 19.4. The number of carbonyl (C=O) groups is 1. The van der Waals surface area contributed by atoms with Crippen LogP contribution in [-0.4, -0.2) is 12.6 Å². The Bertz CT molecular complexity index is 422. The first-order valence-corrected chi connectivity index (χ1v) is 4.95. The normalized spacial score (nSPS) is 11.8. The average Bonchev–Trinajstić information content (AvgIpc) is 2.26. The maximum absolute atomic E-state index is 12.4. The molecule has 1 aromatic rings. The molecule has 0 N–H and O–H groups in total. The van der Waals surface area contributed by atoms with E-state index in [-0.39, 0.29) is 6.61 Å². The topological polar surface area (TPSA) is 26.3 Å². The summed E-state index contributed by atoms with van der Waals surface area (Å²) in [4.78, 5) is 11.0. The quantitative estimate of drug-likeness (QED) is 0.602. The molecular formula is C12H11F3O2. The van der Waals surface area contributed by atoms with Crippen LogP contribution < -0.4 is 0 Å². The van der Waals surface area contributed by atoms with Crippen LogP contribution in [0.5, 0.6) is 0 Å². The second-order valence-corrected chi connectivity index (χ2v) is 3.21. The Labute approximate surface area is 96.7 Å². The van der Waals surface area contributed by atoms with Gasteiger partial charge >= 0.3 is 12.1 Å². The molecule has 92 valence electrons. The highest BCUT2D eigenvalue weighted by molar-refractivity contribution is 5.87. The van der Waals surface area contributed by atoms with Gasteiger partial charge in [0.2, 0.25) is 0 Å². The molecule has 0 radical (unpaired) electrons. The van der Waals surface area contributed by atoms with Crippen LogP contribution in [0.15, 0.2) is 30.3 Å². The molecule has 1 rings (SSSR count). The van der Waals surface area contributed by atoms with Crippen molar-refractivity contribution in [3.8, 4) is 0 Å². The third-order valence-corrected chi connectivity index (χ3v) is 1.91. The first kappa shape index (κ1) is 13.3. The van der Waals surface area contributed by atoms with E-state index in [9.17, 15) is 18.0 Å². The van der Waals surface area contributed by atoms with Gasteiger partial charge in [0.05, 0.1) is 12.2 Å². The van der Waals surface area contributed by atoms with E-state index in [1.807, 2.05) is 0 Å².